The van der Waals surface area contributed by atoms with Gasteiger partial charge in [-0.3, -0.25) is 9.59 Å². The number of carbonyl (C=O) groups is 2. The first-order chi connectivity index (χ1) is 13.9. The summed E-state index contributed by atoms with van der Waals surface area (Å²) in [6.07, 6.45) is 3.82. The van der Waals surface area contributed by atoms with Crippen LogP contribution in [-0.2, 0) is 4.79 Å². The summed E-state index contributed by atoms with van der Waals surface area (Å²) in [7, 11) is 4.40. The van der Waals surface area contributed by atoms with Gasteiger partial charge in [-0.2, -0.15) is 0 Å². The summed E-state index contributed by atoms with van der Waals surface area (Å²) in [5, 5.41) is 2.60. The highest BCUT2D eigenvalue weighted by Crippen LogP contribution is 2.33. The molecule has 154 valence electrons. The lowest BCUT2D eigenvalue weighted by atomic mass is 10.1. The molecule has 0 spiro atoms. The molecule has 0 aliphatic carbocycles. The lowest BCUT2D eigenvalue weighted by Gasteiger charge is -2.15. The lowest BCUT2D eigenvalue weighted by molar-refractivity contribution is -0.118. The number of nitrogens with two attached hydrogens (primary N) is 1. The van der Waals surface area contributed by atoms with Crippen LogP contribution in [0.25, 0.3) is 6.08 Å². The van der Waals surface area contributed by atoms with Crippen molar-refractivity contribution in [1.29, 1.82) is 0 Å². The van der Waals surface area contributed by atoms with Gasteiger partial charge in [0.1, 0.15) is 0 Å². The molecule has 2 aromatic carbocycles. The van der Waals surface area contributed by atoms with Crippen molar-refractivity contribution < 1.29 is 28.5 Å². The average Bonchev–Trinajstić information content (AvgIpc) is 2.72. The average molecular weight is 400 g/mol. The minimum atomic E-state index is -0.719. The molecular formula is C21H24N2O6. The summed E-state index contributed by atoms with van der Waals surface area (Å²) in [4.78, 5) is 24.1. The Bertz CT molecular complexity index is 924. The molecule has 0 radical (unpaired) electrons. The Kier molecular flexibility index (Phi) is 7.47. The molecule has 3 N–H and O–H groups in total. The molecule has 0 bridgehead atoms. The Morgan fingerprint density at radius 2 is 1.59 bits per heavy atom. The fourth-order valence-electron chi connectivity index (χ4n) is 2.62. The van der Waals surface area contributed by atoms with E-state index < -0.39 is 11.8 Å². The number of nitrogens with one attached hydrogen (secondary N) is 1. The largest absolute Gasteiger partial charge is 0.493 e. The number of rotatable bonds is 9. The van der Waals surface area contributed by atoms with Gasteiger partial charge in [0.15, 0.2) is 29.6 Å². The first-order valence-electron chi connectivity index (χ1n) is 8.72. The summed E-state index contributed by atoms with van der Waals surface area (Å²) >= 11 is 0. The molecule has 0 unspecified atom stereocenters. The van der Waals surface area contributed by atoms with Crippen molar-refractivity contribution in [2.45, 2.75) is 6.92 Å². The van der Waals surface area contributed by atoms with E-state index in [0.29, 0.717) is 23.0 Å². The highest BCUT2D eigenvalue weighted by Gasteiger charge is 2.17. The molecule has 2 amide bonds. The van der Waals surface area contributed by atoms with E-state index in [0.717, 1.165) is 5.56 Å². The van der Waals surface area contributed by atoms with Gasteiger partial charge in [0, 0.05) is 6.07 Å². The van der Waals surface area contributed by atoms with E-state index in [2.05, 4.69) is 5.32 Å². The lowest BCUT2D eigenvalue weighted by Crippen LogP contribution is -2.23. The Hall–Kier alpha value is -3.68. The molecule has 2 aromatic rings. The van der Waals surface area contributed by atoms with Gasteiger partial charge in [-0.1, -0.05) is 18.2 Å². The van der Waals surface area contributed by atoms with Gasteiger partial charge >= 0.3 is 0 Å². The van der Waals surface area contributed by atoms with Crippen LogP contribution < -0.4 is 30.0 Å². The molecule has 0 aliphatic heterocycles. The first kappa shape index (κ1) is 21.6. The van der Waals surface area contributed by atoms with E-state index in [1.54, 1.807) is 12.1 Å². The molecule has 0 atom stereocenters. The summed E-state index contributed by atoms with van der Waals surface area (Å²) in [6, 6.07) is 8.22. The summed E-state index contributed by atoms with van der Waals surface area (Å²) in [5.74, 6) is 0.370. The number of hydrogen-bond donors (Lipinski definition) is 2. The fraction of sp³-hybridized carbons (Fsp3) is 0.238. The van der Waals surface area contributed by atoms with Crippen LogP contribution in [0.2, 0.25) is 0 Å². The fourth-order valence-corrected chi connectivity index (χ4v) is 2.62. The molecule has 29 heavy (non-hydrogen) atoms. The van der Waals surface area contributed by atoms with Gasteiger partial charge in [0.05, 0.1) is 32.6 Å². The van der Waals surface area contributed by atoms with Crippen molar-refractivity contribution in [2.75, 3.05) is 33.3 Å². The van der Waals surface area contributed by atoms with Gasteiger partial charge < -0.3 is 30.0 Å². The van der Waals surface area contributed by atoms with E-state index in [1.165, 1.54) is 33.5 Å². The maximum absolute atomic E-state index is 12.4. The van der Waals surface area contributed by atoms with Crippen LogP contribution in [0.4, 0.5) is 5.69 Å². The van der Waals surface area contributed by atoms with Crippen LogP contribution >= 0.6 is 0 Å². The Labute approximate surface area is 169 Å². The molecule has 0 saturated heterocycles. The zero-order chi connectivity index (χ0) is 21.4. The van der Waals surface area contributed by atoms with Crippen molar-refractivity contribution in [1.82, 2.24) is 0 Å². The van der Waals surface area contributed by atoms with E-state index in [9.17, 15) is 9.59 Å². The summed E-state index contributed by atoms with van der Waals surface area (Å²) in [6.45, 7) is 1.61. The SMILES string of the molecule is C/C=C/c1ccc(OCC(=O)Nc2cc(OC)c(OC)cc2C(N)=O)c(OC)c1. The normalized spacial score (nSPS) is 10.5. The van der Waals surface area contributed by atoms with Crippen molar-refractivity contribution in [2.24, 2.45) is 5.73 Å². The van der Waals surface area contributed by atoms with Crippen molar-refractivity contribution in [3.8, 4) is 23.0 Å². The highest BCUT2D eigenvalue weighted by molar-refractivity contribution is 6.04. The Morgan fingerprint density at radius 3 is 2.17 bits per heavy atom. The molecule has 2 rings (SSSR count). The van der Waals surface area contributed by atoms with Crippen molar-refractivity contribution >= 4 is 23.6 Å². The topological polar surface area (TPSA) is 109 Å². The quantitative estimate of drug-likeness (QED) is 0.670. The number of ether oxygens (including phenoxy) is 4. The van der Waals surface area contributed by atoms with Crippen molar-refractivity contribution in [3.05, 3.63) is 47.5 Å². The van der Waals surface area contributed by atoms with Crippen molar-refractivity contribution in [3.63, 3.8) is 0 Å². The molecule has 0 aliphatic rings. The number of hydrogen-bond acceptors (Lipinski definition) is 6. The Morgan fingerprint density at radius 1 is 0.966 bits per heavy atom. The second-order valence-electron chi connectivity index (χ2n) is 5.86. The predicted octanol–water partition coefficient (Wildman–Crippen LogP) is 2.86. The minimum absolute atomic E-state index is 0.0873. The summed E-state index contributed by atoms with van der Waals surface area (Å²) in [5.41, 5.74) is 6.63. The third-order valence-electron chi connectivity index (χ3n) is 3.97. The summed E-state index contributed by atoms with van der Waals surface area (Å²) < 4.78 is 21.2. The van der Waals surface area contributed by atoms with E-state index in [4.69, 9.17) is 24.7 Å². The third-order valence-corrected chi connectivity index (χ3v) is 3.97. The minimum Gasteiger partial charge on any atom is -0.493 e. The smallest absolute Gasteiger partial charge is 0.262 e. The number of carbonyl (C=O) groups excluding carboxylic acids is 2. The second kappa shape index (κ2) is 10.0. The number of amides is 2. The third kappa shape index (κ3) is 5.41. The molecular weight excluding hydrogens is 376 g/mol. The van der Waals surface area contributed by atoms with Gasteiger partial charge in [0.25, 0.3) is 11.8 Å². The molecule has 0 saturated carbocycles. The molecule has 8 nitrogen and oxygen atoms in total. The van der Waals surface area contributed by atoms with Gasteiger partial charge in [-0.05, 0) is 30.7 Å². The van der Waals surface area contributed by atoms with Crippen LogP contribution in [0, 0.1) is 0 Å². The van der Waals surface area contributed by atoms with Crippen LogP contribution in [0.5, 0.6) is 23.0 Å². The maximum Gasteiger partial charge on any atom is 0.262 e. The first-order valence-corrected chi connectivity index (χ1v) is 8.72. The second-order valence-corrected chi connectivity index (χ2v) is 5.86. The molecule has 0 heterocycles. The Balaban J connectivity index is 2.16. The molecule has 0 aromatic heterocycles. The van der Waals surface area contributed by atoms with Crippen LogP contribution in [0.1, 0.15) is 22.8 Å². The van der Waals surface area contributed by atoms with Crippen LogP contribution in [-0.4, -0.2) is 39.8 Å². The highest BCUT2D eigenvalue weighted by atomic mass is 16.5. The number of anilines is 1. The predicted molar refractivity (Wildman–Crippen MR) is 110 cm³/mol. The zero-order valence-corrected chi connectivity index (χ0v) is 16.8. The van der Waals surface area contributed by atoms with E-state index in [-0.39, 0.29) is 17.9 Å². The number of allylic oxidation sites excluding steroid dienone is 1. The van der Waals surface area contributed by atoms with E-state index in [1.807, 2.05) is 25.1 Å². The molecule has 8 heteroatoms. The van der Waals surface area contributed by atoms with Crippen LogP contribution in [0.3, 0.4) is 0 Å². The standard InChI is InChI=1S/C21H24N2O6/c1-5-6-13-7-8-16(17(9-13)26-2)29-12-20(24)23-15-11-19(28-4)18(27-3)10-14(15)21(22)25/h5-11H,12H2,1-4H3,(H2,22,25)(H,23,24)/b6-5+. The van der Waals surface area contributed by atoms with Gasteiger partial charge in [-0.25, -0.2) is 0 Å². The molecule has 0 fully saturated rings. The number of benzene rings is 2. The van der Waals surface area contributed by atoms with Gasteiger partial charge in [-0.15, -0.1) is 0 Å². The zero-order valence-electron chi connectivity index (χ0n) is 16.8. The number of primary amides is 1. The van der Waals surface area contributed by atoms with Crippen LogP contribution in [0.15, 0.2) is 36.4 Å². The van der Waals surface area contributed by atoms with E-state index >= 15 is 0 Å². The van der Waals surface area contributed by atoms with Gasteiger partial charge in [0.2, 0.25) is 0 Å². The maximum atomic E-state index is 12.4. The number of methoxy groups -OCH3 is 3. The monoisotopic (exact) mass is 400 g/mol.